The fraction of sp³-hybridized carbons (Fsp3) is 0.192. The predicted octanol–water partition coefficient (Wildman–Crippen LogP) is 4.69. The molecule has 162 valence electrons. The summed E-state index contributed by atoms with van der Waals surface area (Å²) in [7, 11) is 5.56. The van der Waals surface area contributed by atoms with Crippen LogP contribution in [0.2, 0.25) is 0 Å². The van der Waals surface area contributed by atoms with E-state index >= 15 is 0 Å². The van der Waals surface area contributed by atoms with E-state index in [9.17, 15) is 4.79 Å². The highest BCUT2D eigenvalue weighted by atomic mass is 16.5. The second-order valence-corrected chi connectivity index (χ2v) is 7.85. The Morgan fingerprint density at radius 1 is 0.938 bits per heavy atom. The van der Waals surface area contributed by atoms with E-state index in [4.69, 9.17) is 4.74 Å². The van der Waals surface area contributed by atoms with Crippen LogP contribution in [0, 0.1) is 0 Å². The average molecular weight is 427 g/mol. The van der Waals surface area contributed by atoms with Gasteiger partial charge in [0.05, 0.1) is 12.3 Å². The van der Waals surface area contributed by atoms with E-state index in [0.717, 1.165) is 39.4 Å². The first kappa shape index (κ1) is 21.5. The Morgan fingerprint density at radius 3 is 2.41 bits per heavy atom. The minimum Gasteiger partial charge on any atom is -0.378 e. The molecule has 1 N–H and O–H groups in total. The molecule has 0 atom stereocenters. The number of fused-ring (bicyclic) bond motifs is 1. The van der Waals surface area contributed by atoms with Gasteiger partial charge in [0.1, 0.15) is 11.6 Å². The van der Waals surface area contributed by atoms with E-state index in [2.05, 4.69) is 15.3 Å². The molecular weight excluding hydrogens is 400 g/mol. The average Bonchev–Trinajstić information content (AvgIpc) is 2.80. The Hall–Kier alpha value is -3.77. The Morgan fingerprint density at radius 2 is 1.69 bits per heavy atom. The van der Waals surface area contributed by atoms with Gasteiger partial charge in [-0.1, -0.05) is 42.5 Å². The van der Waals surface area contributed by atoms with Gasteiger partial charge in [-0.3, -0.25) is 4.79 Å². The second kappa shape index (κ2) is 9.58. The first-order valence-corrected chi connectivity index (χ1v) is 10.4. The molecule has 6 heteroatoms. The van der Waals surface area contributed by atoms with Crippen molar-refractivity contribution in [3.05, 3.63) is 95.4 Å². The number of methoxy groups -OCH3 is 1. The topological polar surface area (TPSA) is 67.3 Å². The first-order chi connectivity index (χ1) is 15.5. The quantitative estimate of drug-likeness (QED) is 0.465. The Bertz CT molecular complexity index is 1240. The Labute approximate surface area is 187 Å². The molecule has 4 aromatic rings. The van der Waals surface area contributed by atoms with Crippen molar-refractivity contribution in [2.24, 2.45) is 0 Å². The van der Waals surface area contributed by atoms with Crippen molar-refractivity contribution in [2.75, 3.05) is 31.4 Å². The standard InChI is InChI=1S/C26H26N4O2/c1-30(2)25-16-23(17-32-3)27-24(29-25)14-18-8-12-22(13-9-18)28-26(31)21-11-10-19-6-4-5-7-20(19)15-21/h4-13,15-16H,14,17H2,1-3H3,(H,28,31). The zero-order valence-electron chi connectivity index (χ0n) is 18.5. The molecule has 0 bridgehead atoms. The molecule has 0 unspecified atom stereocenters. The van der Waals surface area contributed by atoms with Crippen LogP contribution in [-0.2, 0) is 17.8 Å². The molecule has 1 aromatic heterocycles. The van der Waals surface area contributed by atoms with Crippen LogP contribution >= 0.6 is 0 Å². The van der Waals surface area contributed by atoms with E-state index in [1.54, 1.807) is 7.11 Å². The van der Waals surface area contributed by atoms with Crippen LogP contribution in [0.15, 0.2) is 72.8 Å². The van der Waals surface area contributed by atoms with E-state index in [1.165, 1.54) is 0 Å². The largest absolute Gasteiger partial charge is 0.378 e. The molecule has 0 saturated heterocycles. The van der Waals surface area contributed by atoms with Crippen molar-refractivity contribution >= 4 is 28.2 Å². The number of nitrogens with zero attached hydrogens (tertiary/aromatic N) is 3. The highest BCUT2D eigenvalue weighted by Gasteiger charge is 2.09. The lowest BCUT2D eigenvalue weighted by atomic mass is 10.1. The molecule has 0 aliphatic heterocycles. The van der Waals surface area contributed by atoms with Gasteiger partial charge in [0.2, 0.25) is 0 Å². The molecule has 0 aliphatic rings. The summed E-state index contributed by atoms with van der Waals surface area (Å²) < 4.78 is 5.23. The highest BCUT2D eigenvalue weighted by molar-refractivity contribution is 6.06. The fourth-order valence-electron chi connectivity index (χ4n) is 3.49. The second-order valence-electron chi connectivity index (χ2n) is 7.85. The van der Waals surface area contributed by atoms with Crippen molar-refractivity contribution in [2.45, 2.75) is 13.0 Å². The third-order valence-electron chi connectivity index (χ3n) is 5.15. The van der Waals surface area contributed by atoms with Crippen LogP contribution in [0.25, 0.3) is 10.8 Å². The lowest BCUT2D eigenvalue weighted by Crippen LogP contribution is -2.14. The van der Waals surface area contributed by atoms with Gasteiger partial charge in [0.25, 0.3) is 5.91 Å². The number of carbonyl (C=O) groups excluding carboxylic acids is 1. The summed E-state index contributed by atoms with van der Waals surface area (Å²) in [6.07, 6.45) is 0.595. The molecule has 0 saturated carbocycles. The van der Waals surface area contributed by atoms with Gasteiger partial charge in [-0.2, -0.15) is 0 Å². The zero-order valence-corrected chi connectivity index (χ0v) is 18.5. The molecule has 3 aromatic carbocycles. The smallest absolute Gasteiger partial charge is 0.255 e. The summed E-state index contributed by atoms with van der Waals surface area (Å²) in [6.45, 7) is 0.441. The molecule has 0 spiro atoms. The molecule has 0 fully saturated rings. The molecule has 4 rings (SSSR count). The number of rotatable bonds is 7. The molecule has 32 heavy (non-hydrogen) atoms. The van der Waals surface area contributed by atoms with Gasteiger partial charge in [0.15, 0.2) is 0 Å². The Kier molecular flexibility index (Phi) is 6.42. The van der Waals surface area contributed by atoms with Crippen molar-refractivity contribution in [3.8, 4) is 0 Å². The van der Waals surface area contributed by atoms with Crippen LogP contribution in [0.1, 0.15) is 27.4 Å². The maximum Gasteiger partial charge on any atom is 0.255 e. The monoisotopic (exact) mass is 426 g/mol. The van der Waals surface area contributed by atoms with Crippen LogP contribution < -0.4 is 10.2 Å². The van der Waals surface area contributed by atoms with E-state index in [0.29, 0.717) is 18.6 Å². The predicted molar refractivity (Wildman–Crippen MR) is 128 cm³/mol. The summed E-state index contributed by atoms with van der Waals surface area (Å²) in [5, 5.41) is 5.13. The first-order valence-electron chi connectivity index (χ1n) is 10.4. The number of benzene rings is 3. The van der Waals surface area contributed by atoms with Crippen LogP contribution in [-0.4, -0.2) is 37.1 Å². The highest BCUT2D eigenvalue weighted by Crippen LogP contribution is 2.19. The van der Waals surface area contributed by atoms with Crippen molar-refractivity contribution < 1.29 is 9.53 Å². The van der Waals surface area contributed by atoms with Gasteiger partial charge in [0, 0.05) is 44.9 Å². The van der Waals surface area contributed by atoms with E-state index < -0.39 is 0 Å². The SMILES string of the molecule is COCc1cc(N(C)C)nc(Cc2ccc(NC(=O)c3ccc4ccccc4c3)cc2)n1. The number of hydrogen-bond donors (Lipinski definition) is 1. The summed E-state index contributed by atoms with van der Waals surface area (Å²) in [5.41, 5.74) is 3.29. The van der Waals surface area contributed by atoms with Crippen molar-refractivity contribution in [1.29, 1.82) is 0 Å². The van der Waals surface area contributed by atoms with Crippen molar-refractivity contribution in [3.63, 3.8) is 0 Å². The molecule has 0 radical (unpaired) electrons. The van der Waals surface area contributed by atoms with Crippen molar-refractivity contribution in [1.82, 2.24) is 9.97 Å². The number of ether oxygens (including phenoxy) is 1. The molecule has 1 amide bonds. The molecular formula is C26H26N4O2. The summed E-state index contributed by atoms with van der Waals surface area (Å²) >= 11 is 0. The van der Waals surface area contributed by atoms with E-state index in [1.807, 2.05) is 91.8 Å². The van der Waals surface area contributed by atoms with E-state index in [-0.39, 0.29) is 5.91 Å². The lowest BCUT2D eigenvalue weighted by molar-refractivity contribution is 0.102. The molecule has 6 nitrogen and oxygen atoms in total. The lowest BCUT2D eigenvalue weighted by Gasteiger charge is -2.14. The minimum absolute atomic E-state index is 0.130. The van der Waals surface area contributed by atoms with Gasteiger partial charge in [-0.15, -0.1) is 0 Å². The number of hydrogen-bond acceptors (Lipinski definition) is 5. The maximum atomic E-state index is 12.7. The summed E-state index contributed by atoms with van der Waals surface area (Å²) in [5.74, 6) is 1.45. The fourth-order valence-corrected chi connectivity index (χ4v) is 3.49. The van der Waals surface area contributed by atoms with Gasteiger partial charge >= 0.3 is 0 Å². The number of amides is 1. The maximum absolute atomic E-state index is 12.7. The van der Waals surface area contributed by atoms with Crippen LogP contribution in [0.4, 0.5) is 11.5 Å². The normalized spacial score (nSPS) is 10.8. The van der Waals surface area contributed by atoms with Gasteiger partial charge < -0.3 is 15.0 Å². The van der Waals surface area contributed by atoms with Crippen LogP contribution in [0.3, 0.4) is 0 Å². The molecule has 1 heterocycles. The third-order valence-corrected chi connectivity index (χ3v) is 5.15. The minimum atomic E-state index is -0.130. The number of anilines is 2. The summed E-state index contributed by atoms with van der Waals surface area (Å²) in [6, 6.07) is 23.4. The number of carbonyl (C=O) groups is 1. The number of nitrogens with one attached hydrogen (secondary N) is 1. The Balaban J connectivity index is 1.46. The van der Waals surface area contributed by atoms with Crippen LogP contribution in [0.5, 0.6) is 0 Å². The van der Waals surface area contributed by atoms with Gasteiger partial charge in [-0.05, 0) is 40.6 Å². The summed E-state index contributed by atoms with van der Waals surface area (Å²) in [4.78, 5) is 23.9. The molecule has 0 aliphatic carbocycles. The zero-order chi connectivity index (χ0) is 22.5. The third kappa shape index (κ3) is 5.10. The van der Waals surface area contributed by atoms with Gasteiger partial charge in [-0.25, -0.2) is 9.97 Å². The number of aromatic nitrogens is 2.